The van der Waals surface area contributed by atoms with Gasteiger partial charge in [0.2, 0.25) is 0 Å². The van der Waals surface area contributed by atoms with Gasteiger partial charge in [0.25, 0.3) is 0 Å². The third-order valence-electron chi connectivity index (χ3n) is 4.67. The zero-order chi connectivity index (χ0) is 22.5. The first-order valence-electron chi connectivity index (χ1n) is 10.7. The molecular formula is C23H37NO6. The summed E-state index contributed by atoms with van der Waals surface area (Å²) in [7, 11) is 0. The van der Waals surface area contributed by atoms with Gasteiger partial charge in [-0.1, -0.05) is 38.1 Å². The van der Waals surface area contributed by atoms with Crippen molar-refractivity contribution in [1.29, 1.82) is 0 Å². The number of hydrogen-bond acceptors (Lipinski definition) is 7. The van der Waals surface area contributed by atoms with Gasteiger partial charge in [0.15, 0.2) is 12.6 Å². The molecule has 3 unspecified atom stereocenters. The lowest BCUT2D eigenvalue weighted by Gasteiger charge is -2.23. The summed E-state index contributed by atoms with van der Waals surface area (Å²) in [6.07, 6.45) is -0.202. The second-order valence-corrected chi connectivity index (χ2v) is 7.22. The summed E-state index contributed by atoms with van der Waals surface area (Å²) in [4.78, 5) is 26.3. The molecule has 0 N–H and O–H groups in total. The molecule has 0 aliphatic carbocycles. The maximum absolute atomic E-state index is 12.3. The maximum atomic E-state index is 12.3. The topological polar surface area (TPSA) is 74.3 Å². The predicted octanol–water partition coefficient (Wildman–Crippen LogP) is 3.85. The van der Waals surface area contributed by atoms with Gasteiger partial charge in [0.05, 0.1) is 13.1 Å². The summed E-state index contributed by atoms with van der Waals surface area (Å²) in [6, 6.07) is 8.23. The lowest BCUT2D eigenvalue weighted by atomic mass is 9.97. The fourth-order valence-electron chi connectivity index (χ4n) is 2.96. The number of ether oxygens (including phenoxy) is 4. The van der Waals surface area contributed by atoms with Crippen molar-refractivity contribution in [1.82, 2.24) is 4.90 Å². The Morgan fingerprint density at radius 1 is 0.833 bits per heavy atom. The highest BCUT2D eigenvalue weighted by molar-refractivity contribution is 5.75. The molecule has 0 aliphatic heterocycles. The minimum absolute atomic E-state index is 0.0529. The number of esters is 2. The third-order valence-corrected chi connectivity index (χ3v) is 4.67. The highest BCUT2D eigenvalue weighted by Crippen LogP contribution is 2.19. The zero-order valence-corrected chi connectivity index (χ0v) is 19.2. The quantitative estimate of drug-likeness (QED) is 0.332. The standard InChI is InChI=1S/C23H37NO6/c1-7-17(4)21-12-10-20(11-13-21)14-24(15-22(25)29-18(5)27-8-2)16-23(26)30-19(6)28-9-3/h10-13,17-19H,7-9,14-16H2,1-6H3. The summed E-state index contributed by atoms with van der Waals surface area (Å²) in [5, 5.41) is 0. The van der Waals surface area contributed by atoms with E-state index in [1.54, 1.807) is 18.7 Å². The number of carbonyl (C=O) groups excluding carboxylic acids is 2. The van der Waals surface area contributed by atoms with E-state index in [1.807, 2.05) is 26.0 Å². The van der Waals surface area contributed by atoms with Gasteiger partial charge in [-0.2, -0.15) is 0 Å². The minimum Gasteiger partial charge on any atom is -0.435 e. The van der Waals surface area contributed by atoms with Gasteiger partial charge in [0.1, 0.15) is 0 Å². The summed E-state index contributed by atoms with van der Waals surface area (Å²) in [6.45, 7) is 12.5. The molecule has 0 radical (unpaired) electrons. The van der Waals surface area contributed by atoms with E-state index in [1.165, 1.54) is 5.56 Å². The molecule has 3 atom stereocenters. The Kier molecular flexibility index (Phi) is 12.3. The third kappa shape index (κ3) is 10.2. The lowest BCUT2D eigenvalue weighted by molar-refractivity contribution is -0.178. The van der Waals surface area contributed by atoms with Crippen LogP contribution in [0, 0.1) is 0 Å². The van der Waals surface area contributed by atoms with Gasteiger partial charge < -0.3 is 18.9 Å². The van der Waals surface area contributed by atoms with Crippen LogP contribution in [0.3, 0.4) is 0 Å². The molecule has 0 aliphatic rings. The Hall–Kier alpha value is -1.96. The second-order valence-electron chi connectivity index (χ2n) is 7.22. The van der Waals surface area contributed by atoms with E-state index >= 15 is 0 Å². The number of hydrogen-bond donors (Lipinski definition) is 0. The van der Waals surface area contributed by atoms with Crippen molar-refractivity contribution >= 4 is 11.9 Å². The van der Waals surface area contributed by atoms with Crippen LogP contribution < -0.4 is 0 Å². The van der Waals surface area contributed by atoms with Crippen LogP contribution in [0.5, 0.6) is 0 Å². The maximum Gasteiger partial charge on any atom is 0.322 e. The molecule has 0 fully saturated rings. The van der Waals surface area contributed by atoms with Gasteiger partial charge in [-0.05, 0) is 51.2 Å². The number of benzene rings is 1. The van der Waals surface area contributed by atoms with E-state index in [-0.39, 0.29) is 13.1 Å². The Bertz CT molecular complexity index is 605. The molecule has 0 bridgehead atoms. The molecule has 0 saturated carbocycles. The molecule has 0 spiro atoms. The molecule has 0 saturated heterocycles. The van der Waals surface area contributed by atoms with Gasteiger partial charge in [0, 0.05) is 19.8 Å². The van der Waals surface area contributed by atoms with Crippen LogP contribution in [0.15, 0.2) is 24.3 Å². The van der Waals surface area contributed by atoms with Gasteiger partial charge in [-0.15, -0.1) is 0 Å². The van der Waals surface area contributed by atoms with Gasteiger partial charge in [-0.3, -0.25) is 14.5 Å². The molecular weight excluding hydrogens is 386 g/mol. The normalized spacial score (nSPS) is 14.2. The van der Waals surface area contributed by atoms with E-state index in [0.29, 0.717) is 25.7 Å². The lowest BCUT2D eigenvalue weighted by Crippen LogP contribution is -2.37. The van der Waals surface area contributed by atoms with Crippen molar-refractivity contribution in [2.45, 2.75) is 73.0 Å². The first-order chi connectivity index (χ1) is 14.3. The molecule has 1 rings (SSSR count). The highest BCUT2D eigenvalue weighted by atomic mass is 16.7. The van der Waals surface area contributed by atoms with Crippen LogP contribution >= 0.6 is 0 Å². The first-order valence-corrected chi connectivity index (χ1v) is 10.7. The van der Waals surface area contributed by atoms with E-state index in [9.17, 15) is 9.59 Å². The van der Waals surface area contributed by atoms with E-state index in [4.69, 9.17) is 18.9 Å². The molecule has 0 heterocycles. The van der Waals surface area contributed by atoms with Crippen LogP contribution in [0.25, 0.3) is 0 Å². The molecule has 1 aromatic rings. The average Bonchev–Trinajstić information content (AvgIpc) is 2.67. The molecule has 1 aromatic carbocycles. The summed E-state index contributed by atoms with van der Waals surface area (Å²) in [5.74, 6) is -0.434. The molecule has 0 amide bonds. The van der Waals surface area contributed by atoms with Crippen molar-refractivity contribution in [3.8, 4) is 0 Å². The smallest absolute Gasteiger partial charge is 0.322 e. The van der Waals surface area contributed by atoms with Crippen LogP contribution in [-0.2, 0) is 35.1 Å². The Labute approximate surface area is 180 Å². The van der Waals surface area contributed by atoms with Gasteiger partial charge in [-0.25, -0.2) is 0 Å². The van der Waals surface area contributed by atoms with E-state index in [2.05, 4.69) is 26.0 Å². The second kappa shape index (κ2) is 14.1. The number of carbonyl (C=O) groups is 2. The van der Waals surface area contributed by atoms with Crippen molar-refractivity contribution in [3.63, 3.8) is 0 Å². The van der Waals surface area contributed by atoms with Crippen molar-refractivity contribution in [2.75, 3.05) is 26.3 Å². The van der Waals surface area contributed by atoms with Crippen LogP contribution in [0.1, 0.15) is 65.0 Å². The molecule has 7 nitrogen and oxygen atoms in total. The summed E-state index contributed by atoms with van der Waals surface area (Å²) in [5.41, 5.74) is 2.26. The monoisotopic (exact) mass is 423 g/mol. The first kappa shape index (κ1) is 26.1. The predicted molar refractivity (Wildman–Crippen MR) is 115 cm³/mol. The van der Waals surface area contributed by atoms with Gasteiger partial charge >= 0.3 is 11.9 Å². The van der Waals surface area contributed by atoms with Crippen LogP contribution in [0.4, 0.5) is 0 Å². The number of rotatable bonds is 14. The highest BCUT2D eigenvalue weighted by Gasteiger charge is 2.20. The largest absolute Gasteiger partial charge is 0.435 e. The molecule has 7 heteroatoms. The van der Waals surface area contributed by atoms with Crippen LogP contribution in [-0.4, -0.2) is 55.7 Å². The minimum atomic E-state index is -0.635. The Morgan fingerprint density at radius 2 is 1.30 bits per heavy atom. The SMILES string of the molecule is CCOC(C)OC(=O)CN(CC(=O)OC(C)OCC)Cc1ccc(C(C)CC)cc1. The fourth-order valence-corrected chi connectivity index (χ4v) is 2.96. The van der Waals surface area contributed by atoms with Crippen LogP contribution in [0.2, 0.25) is 0 Å². The molecule has 0 aromatic heterocycles. The van der Waals surface area contributed by atoms with E-state index in [0.717, 1.165) is 12.0 Å². The Morgan fingerprint density at radius 3 is 1.70 bits per heavy atom. The Balaban J connectivity index is 2.80. The molecule has 30 heavy (non-hydrogen) atoms. The van der Waals surface area contributed by atoms with E-state index < -0.39 is 24.5 Å². The summed E-state index contributed by atoms with van der Waals surface area (Å²) < 4.78 is 21.0. The zero-order valence-electron chi connectivity index (χ0n) is 19.2. The fraction of sp³-hybridized carbons (Fsp3) is 0.652. The number of nitrogens with zero attached hydrogens (tertiary/aromatic N) is 1. The van der Waals surface area contributed by atoms with Crippen molar-refractivity contribution in [2.24, 2.45) is 0 Å². The van der Waals surface area contributed by atoms with Crippen molar-refractivity contribution < 1.29 is 28.5 Å². The average molecular weight is 424 g/mol. The van der Waals surface area contributed by atoms with Crippen molar-refractivity contribution in [3.05, 3.63) is 35.4 Å². The molecule has 170 valence electrons. The summed E-state index contributed by atoms with van der Waals surface area (Å²) >= 11 is 0.